The summed E-state index contributed by atoms with van der Waals surface area (Å²) in [6.07, 6.45) is 2.39. The van der Waals surface area contributed by atoms with Crippen molar-refractivity contribution >= 4 is 23.3 Å². The van der Waals surface area contributed by atoms with Crippen LogP contribution in [-0.2, 0) is 0 Å². The largest absolute Gasteiger partial charge is 0.384 e. The van der Waals surface area contributed by atoms with Crippen LogP contribution in [0.3, 0.4) is 0 Å². The fourth-order valence-electron chi connectivity index (χ4n) is 2.45. The molecule has 19 heavy (non-hydrogen) atoms. The summed E-state index contributed by atoms with van der Waals surface area (Å²) >= 11 is 6.05. The van der Waals surface area contributed by atoms with Gasteiger partial charge in [0.05, 0.1) is 10.6 Å². The second kappa shape index (κ2) is 5.75. The molecule has 1 amide bonds. The Hall–Kier alpha value is -1.33. The first-order valence-corrected chi connectivity index (χ1v) is 6.77. The molecular weight excluding hydrogens is 264 g/mol. The Morgan fingerprint density at radius 1 is 1.53 bits per heavy atom. The molecule has 1 aliphatic heterocycles. The molecule has 5 nitrogen and oxygen atoms in total. The summed E-state index contributed by atoms with van der Waals surface area (Å²) in [7, 11) is 2.07. The predicted octanol–water partition coefficient (Wildman–Crippen LogP) is 1.48. The number of likely N-dealkylation sites (N-methyl/N-ethyl adjacent to an activating group) is 1. The van der Waals surface area contributed by atoms with Gasteiger partial charge in [0.25, 0.3) is 5.91 Å². The van der Waals surface area contributed by atoms with Gasteiger partial charge in [-0.3, -0.25) is 4.79 Å². The topological polar surface area (TPSA) is 62.5 Å². The van der Waals surface area contributed by atoms with Crippen LogP contribution in [0.15, 0.2) is 12.3 Å². The molecule has 2 heterocycles. The van der Waals surface area contributed by atoms with E-state index in [1.54, 1.807) is 6.07 Å². The van der Waals surface area contributed by atoms with Gasteiger partial charge in [-0.05, 0) is 33.0 Å². The molecule has 104 valence electrons. The van der Waals surface area contributed by atoms with E-state index in [1.807, 2.05) is 4.90 Å². The lowest BCUT2D eigenvalue weighted by Gasteiger charge is -2.28. The molecule has 1 saturated heterocycles. The molecule has 0 aliphatic carbocycles. The summed E-state index contributed by atoms with van der Waals surface area (Å²) in [6.45, 7) is 4.66. The number of nitrogen functional groups attached to an aromatic ring is 1. The first-order valence-electron chi connectivity index (χ1n) is 6.39. The van der Waals surface area contributed by atoms with E-state index in [1.165, 1.54) is 6.20 Å². The number of carbonyl (C=O) groups is 1. The number of hydrogen-bond acceptors (Lipinski definition) is 4. The number of hydrogen-bond donors (Lipinski definition) is 1. The molecule has 1 aromatic rings. The monoisotopic (exact) mass is 282 g/mol. The summed E-state index contributed by atoms with van der Waals surface area (Å²) in [5, 5.41) is 0.351. The molecular formula is C13H19ClN4O. The van der Waals surface area contributed by atoms with Crippen LogP contribution in [-0.4, -0.2) is 53.4 Å². The maximum Gasteiger partial charge on any atom is 0.255 e. The lowest BCUT2D eigenvalue weighted by atomic mass is 10.2. The minimum absolute atomic E-state index is 0.0677. The van der Waals surface area contributed by atoms with Crippen molar-refractivity contribution in [3.63, 3.8) is 0 Å². The number of rotatable bonds is 1. The molecule has 0 aromatic carbocycles. The van der Waals surface area contributed by atoms with Crippen molar-refractivity contribution < 1.29 is 4.79 Å². The predicted molar refractivity (Wildman–Crippen MR) is 76.3 cm³/mol. The van der Waals surface area contributed by atoms with Gasteiger partial charge in [-0.15, -0.1) is 0 Å². The van der Waals surface area contributed by atoms with Gasteiger partial charge >= 0.3 is 0 Å². The Morgan fingerprint density at radius 2 is 2.26 bits per heavy atom. The zero-order chi connectivity index (χ0) is 14.0. The minimum atomic E-state index is -0.0677. The fraction of sp³-hybridized carbons (Fsp3) is 0.538. The molecule has 2 N–H and O–H groups in total. The zero-order valence-corrected chi connectivity index (χ0v) is 12.0. The minimum Gasteiger partial charge on any atom is -0.384 e. The van der Waals surface area contributed by atoms with Crippen LogP contribution in [0.4, 0.5) is 5.82 Å². The summed E-state index contributed by atoms with van der Waals surface area (Å²) in [6, 6.07) is 1.71. The second-order valence-electron chi connectivity index (χ2n) is 5.05. The van der Waals surface area contributed by atoms with E-state index in [2.05, 4.69) is 23.9 Å². The van der Waals surface area contributed by atoms with Crippen LogP contribution in [0.2, 0.25) is 5.02 Å². The van der Waals surface area contributed by atoms with Gasteiger partial charge in [0.2, 0.25) is 0 Å². The van der Waals surface area contributed by atoms with Gasteiger partial charge in [-0.1, -0.05) is 11.6 Å². The highest BCUT2D eigenvalue weighted by Gasteiger charge is 2.26. The summed E-state index contributed by atoms with van der Waals surface area (Å²) < 4.78 is 0. The Bertz CT molecular complexity index is 480. The van der Waals surface area contributed by atoms with Crippen LogP contribution in [0.25, 0.3) is 0 Å². The number of anilines is 1. The molecule has 2 rings (SSSR count). The average molecular weight is 283 g/mol. The Labute approximate surface area is 118 Å². The van der Waals surface area contributed by atoms with Gasteiger partial charge in [0.15, 0.2) is 0 Å². The molecule has 1 fully saturated rings. The average Bonchev–Trinajstić information content (AvgIpc) is 2.52. The van der Waals surface area contributed by atoms with Crippen molar-refractivity contribution in [3.05, 3.63) is 22.8 Å². The molecule has 0 spiro atoms. The van der Waals surface area contributed by atoms with Gasteiger partial charge in [-0.2, -0.15) is 0 Å². The highest BCUT2D eigenvalue weighted by Crippen LogP contribution is 2.21. The van der Waals surface area contributed by atoms with Crippen molar-refractivity contribution in [2.75, 3.05) is 32.4 Å². The summed E-state index contributed by atoms with van der Waals surface area (Å²) in [5.74, 6) is 0.245. The smallest absolute Gasteiger partial charge is 0.255 e. The van der Waals surface area contributed by atoms with Crippen molar-refractivity contribution in [3.8, 4) is 0 Å². The van der Waals surface area contributed by atoms with Crippen LogP contribution in [0, 0.1) is 0 Å². The van der Waals surface area contributed by atoms with Crippen molar-refractivity contribution in [1.29, 1.82) is 0 Å². The van der Waals surface area contributed by atoms with E-state index in [0.717, 1.165) is 26.1 Å². The SMILES string of the molecule is CC1CN(C)CCCN1C(=O)c1cc(N)ncc1Cl. The number of nitrogens with zero attached hydrogens (tertiary/aromatic N) is 3. The summed E-state index contributed by atoms with van der Waals surface area (Å²) in [5.41, 5.74) is 6.07. The second-order valence-corrected chi connectivity index (χ2v) is 5.46. The lowest BCUT2D eigenvalue weighted by Crippen LogP contribution is -2.42. The molecule has 1 atom stereocenters. The molecule has 1 aliphatic rings. The van der Waals surface area contributed by atoms with Crippen LogP contribution >= 0.6 is 11.6 Å². The van der Waals surface area contributed by atoms with E-state index < -0.39 is 0 Å². The number of halogens is 1. The van der Waals surface area contributed by atoms with Crippen molar-refractivity contribution in [1.82, 2.24) is 14.8 Å². The number of aromatic nitrogens is 1. The molecule has 1 unspecified atom stereocenters. The number of nitrogens with two attached hydrogens (primary N) is 1. The molecule has 6 heteroatoms. The Morgan fingerprint density at radius 3 is 3.00 bits per heavy atom. The normalized spacial score (nSPS) is 21.2. The van der Waals surface area contributed by atoms with Gasteiger partial charge in [0.1, 0.15) is 5.82 Å². The van der Waals surface area contributed by atoms with Crippen LogP contribution in [0.5, 0.6) is 0 Å². The van der Waals surface area contributed by atoms with Crippen LogP contribution < -0.4 is 5.73 Å². The van der Waals surface area contributed by atoms with E-state index in [4.69, 9.17) is 17.3 Å². The maximum atomic E-state index is 12.6. The van der Waals surface area contributed by atoms with E-state index in [9.17, 15) is 4.79 Å². The molecule has 0 saturated carbocycles. The fourth-order valence-corrected chi connectivity index (χ4v) is 2.63. The third-order valence-electron chi connectivity index (χ3n) is 3.41. The lowest BCUT2D eigenvalue weighted by molar-refractivity contribution is 0.0696. The van der Waals surface area contributed by atoms with Crippen LogP contribution in [0.1, 0.15) is 23.7 Å². The van der Waals surface area contributed by atoms with Gasteiger partial charge in [0, 0.05) is 25.3 Å². The Balaban J connectivity index is 2.25. The number of pyridine rings is 1. The Kier molecular flexibility index (Phi) is 4.27. The molecule has 1 aromatic heterocycles. The molecule has 0 bridgehead atoms. The third-order valence-corrected chi connectivity index (χ3v) is 3.72. The maximum absolute atomic E-state index is 12.6. The van der Waals surface area contributed by atoms with Gasteiger partial charge < -0.3 is 15.5 Å². The standard InChI is InChI=1S/C13H19ClN4O/c1-9-8-17(2)4-3-5-18(9)13(19)10-6-12(15)16-7-11(10)14/h6-7,9H,3-5,8H2,1-2H3,(H2,15,16). The van der Waals surface area contributed by atoms with E-state index in [-0.39, 0.29) is 11.9 Å². The number of carbonyl (C=O) groups excluding carboxylic acids is 1. The number of amides is 1. The third kappa shape index (κ3) is 3.16. The quantitative estimate of drug-likeness (QED) is 0.848. The van der Waals surface area contributed by atoms with E-state index >= 15 is 0 Å². The van der Waals surface area contributed by atoms with E-state index in [0.29, 0.717) is 16.4 Å². The first-order chi connectivity index (χ1) is 8.99. The van der Waals surface area contributed by atoms with Gasteiger partial charge in [-0.25, -0.2) is 4.98 Å². The first kappa shape index (κ1) is 14.1. The highest BCUT2D eigenvalue weighted by molar-refractivity contribution is 6.33. The van der Waals surface area contributed by atoms with Crippen molar-refractivity contribution in [2.24, 2.45) is 0 Å². The van der Waals surface area contributed by atoms with Crippen molar-refractivity contribution in [2.45, 2.75) is 19.4 Å². The summed E-state index contributed by atoms with van der Waals surface area (Å²) in [4.78, 5) is 20.6. The zero-order valence-electron chi connectivity index (χ0n) is 11.3. The molecule has 0 radical (unpaired) electrons. The highest BCUT2D eigenvalue weighted by atomic mass is 35.5.